The molecule has 0 radical (unpaired) electrons. The Morgan fingerprint density at radius 1 is 1.35 bits per heavy atom. The predicted molar refractivity (Wildman–Crippen MR) is 61.9 cm³/mol. The standard InChI is InChI=1S/C13H17F2NO/c1-17-8-10-5-13(15)11(6-12(10)14)9-3-2-4-16-7-9/h5-6,9,16H,2-4,7-8H2,1H3. The van der Waals surface area contributed by atoms with E-state index in [1.165, 1.54) is 19.2 Å². The molecule has 1 atom stereocenters. The first-order chi connectivity index (χ1) is 8.22. The summed E-state index contributed by atoms with van der Waals surface area (Å²) >= 11 is 0. The van der Waals surface area contributed by atoms with Gasteiger partial charge in [-0.1, -0.05) is 0 Å². The van der Waals surface area contributed by atoms with Crippen molar-refractivity contribution in [1.82, 2.24) is 5.32 Å². The fourth-order valence-corrected chi connectivity index (χ4v) is 2.30. The van der Waals surface area contributed by atoms with E-state index in [-0.39, 0.29) is 29.7 Å². The zero-order valence-electron chi connectivity index (χ0n) is 9.93. The van der Waals surface area contributed by atoms with Crippen molar-refractivity contribution in [2.24, 2.45) is 0 Å². The molecule has 1 heterocycles. The van der Waals surface area contributed by atoms with Gasteiger partial charge in [-0.2, -0.15) is 0 Å². The van der Waals surface area contributed by atoms with Crippen LogP contribution in [0.25, 0.3) is 0 Å². The third-order valence-corrected chi connectivity index (χ3v) is 3.20. The van der Waals surface area contributed by atoms with Crippen molar-refractivity contribution in [3.05, 3.63) is 34.9 Å². The number of piperidine rings is 1. The second-order valence-corrected chi connectivity index (χ2v) is 4.44. The van der Waals surface area contributed by atoms with Crippen LogP contribution >= 0.6 is 0 Å². The van der Waals surface area contributed by atoms with Gasteiger partial charge in [-0.15, -0.1) is 0 Å². The first-order valence-corrected chi connectivity index (χ1v) is 5.90. The van der Waals surface area contributed by atoms with E-state index >= 15 is 0 Å². The number of halogens is 2. The lowest BCUT2D eigenvalue weighted by molar-refractivity contribution is 0.181. The highest BCUT2D eigenvalue weighted by Crippen LogP contribution is 2.27. The summed E-state index contributed by atoms with van der Waals surface area (Å²) in [6.07, 6.45) is 1.92. The normalized spacial score (nSPS) is 20.5. The van der Waals surface area contributed by atoms with Gasteiger partial charge in [0.05, 0.1) is 6.61 Å². The van der Waals surface area contributed by atoms with Gasteiger partial charge in [0.2, 0.25) is 0 Å². The quantitative estimate of drug-likeness (QED) is 0.878. The van der Waals surface area contributed by atoms with Crippen LogP contribution in [0.2, 0.25) is 0 Å². The Morgan fingerprint density at radius 2 is 2.18 bits per heavy atom. The summed E-state index contributed by atoms with van der Waals surface area (Å²) in [5, 5.41) is 3.21. The monoisotopic (exact) mass is 241 g/mol. The maximum Gasteiger partial charge on any atom is 0.129 e. The molecule has 0 spiro atoms. The van der Waals surface area contributed by atoms with Gasteiger partial charge in [0, 0.05) is 19.2 Å². The van der Waals surface area contributed by atoms with Gasteiger partial charge < -0.3 is 10.1 Å². The molecular weight excluding hydrogens is 224 g/mol. The van der Waals surface area contributed by atoms with E-state index in [0.717, 1.165) is 25.9 Å². The molecule has 1 aliphatic rings. The molecule has 1 saturated heterocycles. The second kappa shape index (κ2) is 5.56. The maximum atomic E-state index is 13.9. The van der Waals surface area contributed by atoms with Gasteiger partial charge in [0.15, 0.2) is 0 Å². The topological polar surface area (TPSA) is 21.3 Å². The van der Waals surface area contributed by atoms with Crippen LogP contribution < -0.4 is 5.32 Å². The molecule has 17 heavy (non-hydrogen) atoms. The lowest BCUT2D eigenvalue weighted by atomic mass is 9.90. The number of benzene rings is 1. The maximum absolute atomic E-state index is 13.9. The molecule has 2 rings (SSSR count). The van der Waals surface area contributed by atoms with Crippen LogP contribution in [-0.2, 0) is 11.3 Å². The van der Waals surface area contributed by atoms with Crippen molar-refractivity contribution in [1.29, 1.82) is 0 Å². The summed E-state index contributed by atoms with van der Waals surface area (Å²) in [5.41, 5.74) is 0.757. The van der Waals surface area contributed by atoms with Crippen molar-refractivity contribution in [2.75, 3.05) is 20.2 Å². The molecule has 1 aromatic rings. The number of nitrogens with one attached hydrogen (secondary N) is 1. The highest BCUT2D eigenvalue weighted by atomic mass is 19.1. The molecule has 2 nitrogen and oxygen atoms in total. The van der Waals surface area contributed by atoms with Gasteiger partial charge in [-0.3, -0.25) is 0 Å². The molecular formula is C13H17F2NO. The zero-order chi connectivity index (χ0) is 12.3. The summed E-state index contributed by atoms with van der Waals surface area (Å²) in [4.78, 5) is 0. The van der Waals surface area contributed by atoms with E-state index in [2.05, 4.69) is 5.32 Å². The molecule has 1 N–H and O–H groups in total. The molecule has 0 aromatic heterocycles. The van der Waals surface area contributed by atoms with Crippen LogP contribution in [0.4, 0.5) is 8.78 Å². The Bertz CT molecular complexity index is 389. The van der Waals surface area contributed by atoms with Crippen LogP contribution in [0.15, 0.2) is 12.1 Å². The van der Waals surface area contributed by atoms with Crippen molar-refractivity contribution in [2.45, 2.75) is 25.4 Å². The van der Waals surface area contributed by atoms with E-state index in [1.807, 2.05) is 0 Å². The number of hydrogen-bond acceptors (Lipinski definition) is 2. The van der Waals surface area contributed by atoms with Crippen LogP contribution in [0.3, 0.4) is 0 Å². The molecule has 94 valence electrons. The number of rotatable bonds is 3. The van der Waals surface area contributed by atoms with Gasteiger partial charge in [-0.25, -0.2) is 8.78 Å². The number of ether oxygens (including phenoxy) is 1. The molecule has 1 aromatic carbocycles. The van der Waals surface area contributed by atoms with Crippen molar-refractivity contribution in [3.8, 4) is 0 Å². The molecule has 4 heteroatoms. The minimum Gasteiger partial charge on any atom is -0.380 e. The Balaban J connectivity index is 2.25. The van der Waals surface area contributed by atoms with Gasteiger partial charge in [0.25, 0.3) is 0 Å². The van der Waals surface area contributed by atoms with Gasteiger partial charge in [-0.05, 0) is 43.0 Å². The third-order valence-electron chi connectivity index (χ3n) is 3.20. The van der Waals surface area contributed by atoms with E-state index in [4.69, 9.17) is 4.74 Å². The van der Waals surface area contributed by atoms with Gasteiger partial charge >= 0.3 is 0 Å². The first-order valence-electron chi connectivity index (χ1n) is 5.90. The highest BCUT2D eigenvalue weighted by molar-refractivity contribution is 5.29. The largest absolute Gasteiger partial charge is 0.380 e. The van der Waals surface area contributed by atoms with Crippen LogP contribution in [0, 0.1) is 11.6 Å². The molecule has 1 unspecified atom stereocenters. The van der Waals surface area contributed by atoms with E-state index in [1.54, 1.807) is 0 Å². The fourth-order valence-electron chi connectivity index (χ4n) is 2.30. The minimum absolute atomic E-state index is 0.0786. The van der Waals surface area contributed by atoms with Crippen molar-refractivity contribution in [3.63, 3.8) is 0 Å². The molecule has 0 aliphatic carbocycles. The smallest absolute Gasteiger partial charge is 0.129 e. The van der Waals surface area contributed by atoms with Gasteiger partial charge in [0.1, 0.15) is 11.6 Å². The predicted octanol–water partition coefficient (Wildman–Crippen LogP) is 2.58. The number of hydrogen-bond donors (Lipinski definition) is 1. The van der Waals surface area contributed by atoms with Crippen LogP contribution in [-0.4, -0.2) is 20.2 Å². The summed E-state index contributed by atoms with van der Waals surface area (Å²) < 4.78 is 32.4. The average Bonchev–Trinajstić information content (AvgIpc) is 2.35. The fraction of sp³-hybridized carbons (Fsp3) is 0.538. The van der Waals surface area contributed by atoms with E-state index in [0.29, 0.717) is 5.56 Å². The number of methoxy groups -OCH3 is 1. The zero-order valence-corrected chi connectivity index (χ0v) is 9.93. The lowest BCUT2D eigenvalue weighted by Crippen LogP contribution is -2.29. The van der Waals surface area contributed by atoms with E-state index < -0.39 is 0 Å². The molecule has 1 fully saturated rings. The highest BCUT2D eigenvalue weighted by Gasteiger charge is 2.20. The average molecular weight is 241 g/mol. The Labute approximate surface area is 100.0 Å². The van der Waals surface area contributed by atoms with Crippen molar-refractivity contribution < 1.29 is 13.5 Å². The SMILES string of the molecule is COCc1cc(F)c(C2CCCNC2)cc1F. The van der Waals surface area contributed by atoms with E-state index in [9.17, 15) is 8.78 Å². The van der Waals surface area contributed by atoms with Crippen molar-refractivity contribution >= 4 is 0 Å². The third kappa shape index (κ3) is 2.82. The Hall–Kier alpha value is -1.00. The summed E-state index contributed by atoms with van der Waals surface area (Å²) in [6, 6.07) is 2.57. The lowest BCUT2D eigenvalue weighted by Gasteiger charge is -2.23. The molecule has 1 aliphatic heterocycles. The summed E-state index contributed by atoms with van der Waals surface area (Å²) in [5.74, 6) is -0.629. The van der Waals surface area contributed by atoms with Crippen LogP contribution in [0.5, 0.6) is 0 Å². The van der Waals surface area contributed by atoms with Crippen LogP contribution in [0.1, 0.15) is 29.9 Å². The Kier molecular flexibility index (Phi) is 4.07. The minimum atomic E-state index is -0.381. The molecule has 0 bridgehead atoms. The first kappa shape index (κ1) is 12.5. The summed E-state index contributed by atoms with van der Waals surface area (Å²) in [6.45, 7) is 1.79. The molecule has 0 saturated carbocycles. The Morgan fingerprint density at radius 3 is 2.82 bits per heavy atom. The summed E-state index contributed by atoms with van der Waals surface area (Å²) in [7, 11) is 1.47. The molecule has 0 amide bonds. The second-order valence-electron chi connectivity index (χ2n) is 4.44.